The van der Waals surface area contributed by atoms with Gasteiger partial charge in [0.15, 0.2) is 5.82 Å². The lowest BCUT2D eigenvalue weighted by Gasteiger charge is -2.33. The highest BCUT2D eigenvalue weighted by Gasteiger charge is 2.23. The van der Waals surface area contributed by atoms with Crippen LogP contribution in [-0.4, -0.2) is 35.2 Å². The summed E-state index contributed by atoms with van der Waals surface area (Å²) in [4.78, 5) is 15.2. The largest absolute Gasteiger partial charge is 0.355 e. The zero-order valence-electron chi connectivity index (χ0n) is 13.7. The summed E-state index contributed by atoms with van der Waals surface area (Å²) in [5.41, 5.74) is 2.56. The Bertz CT molecular complexity index is 708. The Balaban J connectivity index is 1.35. The SMILES string of the molecule is O=C(NC1CCN(c2cc3c(nn2)CCCC3)CC1)c1cccs1. The topological polar surface area (TPSA) is 58.1 Å². The molecule has 2 aromatic rings. The van der Waals surface area contributed by atoms with E-state index in [1.54, 1.807) is 0 Å². The van der Waals surface area contributed by atoms with Gasteiger partial charge in [0.25, 0.3) is 5.91 Å². The molecular weight excluding hydrogens is 320 g/mol. The van der Waals surface area contributed by atoms with Gasteiger partial charge in [0.2, 0.25) is 0 Å². The van der Waals surface area contributed by atoms with Crippen molar-refractivity contribution in [1.29, 1.82) is 0 Å². The number of anilines is 1. The molecule has 1 fully saturated rings. The summed E-state index contributed by atoms with van der Waals surface area (Å²) in [6.07, 6.45) is 6.60. The molecule has 1 N–H and O–H groups in total. The summed E-state index contributed by atoms with van der Waals surface area (Å²) < 4.78 is 0. The maximum atomic E-state index is 12.1. The highest BCUT2D eigenvalue weighted by atomic mass is 32.1. The van der Waals surface area contributed by atoms with Crippen LogP contribution in [-0.2, 0) is 12.8 Å². The van der Waals surface area contributed by atoms with Gasteiger partial charge in [0.05, 0.1) is 10.6 Å². The van der Waals surface area contributed by atoms with E-state index in [9.17, 15) is 4.79 Å². The number of aryl methyl sites for hydroxylation is 2. The highest BCUT2D eigenvalue weighted by molar-refractivity contribution is 7.12. The first-order valence-electron chi connectivity index (χ1n) is 8.74. The molecule has 0 radical (unpaired) electrons. The zero-order chi connectivity index (χ0) is 16.4. The van der Waals surface area contributed by atoms with E-state index in [1.165, 1.54) is 35.4 Å². The molecule has 1 aliphatic heterocycles. The third-order valence-corrected chi connectivity index (χ3v) is 5.82. The van der Waals surface area contributed by atoms with Gasteiger partial charge in [-0.25, -0.2) is 0 Å². The van der Waals surface area contributed by atoms with Gasteiger partial charge in [0.1, 0.15) is 0 Å². The molecular formula is C18H22N4OS. The van der Waals surface area contributed by atoms with E-state index in [1.807, 2.05) is 17.5 Å². The number of fused-ring (bicyclic) bond motifs is 1. The van der Waals surface area contributed by atoms with Crippen LogP contribution in [0.2, 0.25) is 0 Å². The summed E-state index contributed by atoms with van der Waals surface area (Å²) >= 11 is 1.49. The number of nitrogens with zero attached hydrogens (tertiary/aromatic N) is 3. The second kappa shape index (κ2) is 6.89. The van der Waals surface area contributed by atoms with E-state index in [0.717, 1.165) is 49.5 Å². The van der Waals surface area contributed by atoms with Crippen LogP contribution in [0.4, 0.5) is 5.82 Å². The van der Waals surface area contributed by atoms with E-state index in [2.05, 4.69) is 26.5 Å². The van der Waals surface area contributed by atoms with Crippen molar-refractivity contribution in [2.75, 3.05) is 18.0 Å². The molecule has 1 aliphatic carbocycles. The quantitative estimate of drug-likeness (QED) is 0.932. The number of hydrogen-bond acceptors (Lipinski definition) is 5. The van der Waals surface area contributed by atoms with Gasteiger partial charge in [-0.1, -0.05) is 6.07 Å². The van der Waals surface area contributed by atoms with Crippen LogP contribution >= 0.6 is 11.3 Å². The lowest BCUT2D eigenvalue weighted by Crippen LogP contribution is -2.44. The number of thiophene rings is 1. The first-order valence-corrected chi connectivity index (χ1v) is 9.62. The molecule has 24 heavy (non-hydrogen) atoms. The van der Waals surface area contributed by atoms with Crippen LogP contribution in [0.5, 0.6) is 0 Å². The summed E-state index contributed by atoms with van der Waals surface area (Å²) in [7, 11) is 0. The Hall–Kier alpha value is -1.95. The maximum Gasteiger partial charge on any atom is 0.261 e. The van der Waals surface area contributed by atoms with Crippen molar-refractivity contribution in [1.82, 2.24) is 15.5 Å². The Morgan fingerprint density at radius 2 is 2.04 bits per heavy atom. The van der Waals surface area contributed by atoms with Gasteiger partial charge >= 0.3 is 0 Å². The molecule has 0 bridgehead atoms. The fourth-order valence-electron chi connectivity index (χ4n) is 3.55. The number of amides is 1. The normalized spacial score (nSPS) is 18.2. The maximum absolute atomic E-state index is 12.1. The summed E-state index contributed by atoms with van der Waals surface area (Å²) in [5.74, 6) is 1.05. The van der Waals surface area contributed by atoms with Crippen molar-refractivity contribution in [3.05, 3.63) is 39.7 Å². The number of hydrogen-bond donors (Lipinski definition) is 1. The van der Waals surface area contributed by atoms with E-state index in [4.69, 9.17) is 0 Å². The first-order chi connectivity index (χ1) is 11.8. The van der Waals surface area contributed by atoms with Gasteiger partial charge in [-0.05, 0) is 61.6 Å². The lowest BCUT2D eigenvalue weighted by molar-refractivity contribution is 0.0935. The molecule has 6 heteroatoms. The molecule has 0 aromatic carbocycles. The molecule has 0 unspecified atom stereocenters. The van der Waals surface area contributed by atoms with Gasteiger partial charge in [-0.3, -0.25) is 4.79 Å². The Labute approximate surface area is 146 Å². The van der Waals surface area contributed by atoms with Crippen LogP contribution < -0.4 is 10.2 Å². The minimum absolute atomic E-state index is 0.0528. The molecule has 4 rings (SSSR count). The highest BCUT2D eigenvalue weighted by Crippen LogP contribution is 2.24. The summed E-state index contributed by atoms with van der Waals surface area (Å²) in [5, 5.41) is 14.0. The fourth-order valence-corrected chi connectivity index (χ4v) is 4.18. The van der Waals surface area contributed by atoms with Crippen LogP contribution in [0.25, 0.3) is 0 Å². The molecule has 0 saturated carbocycles. The molecule has 2 aromatic heterocycles. The number of rotatable bonds is 3. The van der Waals surface area contributed by atoms with Gasteiger partial charge in [-0.2, -0.15) is 5.10 Å². The molecule has 5 nitrogen and oxygen atoms in total. The smallest absolute Gasteiger partial charge is 0.261 e. The van der Waals surface area contributed by atoms with Gasteiger partial charge < -0.3 is 10.2 Å². The molecule has 0 atom stereocenters. The zero-order valence-corrected chi connectivity index (χ0v) is 14.5. The van der Waals surface area contributed by atoms with Crippen molar-refractivity contribution >= 4 is 23.1 Å². The fraction of sp³-hybridized carbons (Fsp3) is 0.500. The van der Waals surface area contributed by atoms with Gasteiger partial charge in [0, 0.05) is 19.1 Å². The number of carbonyl (C=O) groups is 1. The first kappa shape index (κ1) is 15.6. The standard InChI is InChI=1S/C18H22N4OS/c23-18(16-6-3-11-24-16)19-14-7-9-22(10-8-14)17-12-13-4-1-2-5-15(13)20-21-17/h3,6,11-12,14H,1-2,4-5,7-10H2,(H,19,23). The predicted octanol–water partition coefficient (Wildman–Crippen LogP) is 2.82. The van der Waals surface area contributed by atoms with Crippen LogP contribution in [0.3, 0.4) is 0 Å². The minimum Gasteiger partial charge on any atom is -0.355 e. The monoisotopic (exact) mass is 342 g/mol. The van der Waals surface area contributed by atoms with Crippen molar-refractivity contribution in [2.24, 2.45) is 0 Å². The Morgan fingerprint density at radius 3 is 2.83 bits per heavy atom. The van der Waals surface area contributed by atoms with Crippen LogP contribution in [0, 0.1) is 0 Å². The molecule has 126 valence electrons. The number of piperidine rings is 1. The van der Waals surface area contributed by atoms with Crippen molar-refractivity contribution in [3.63, 3.8) is 0 Å². The van der Waals surface area contributed by atoms with Crippen molar-refractivity contribution in [2.45, 2.75) is 44.6 Å². The average molecular weight is 342 g/mol. The Morgan fingerprint density at radius 1 is 1.21 bits per heavy atom. The third-order valence-electron chi connectivity index (χ3n) is 4.96. The number of carbonyl (C=O) groups excluding carboxylic acids is 1. The molecule has 2 aliphatic rings. The van der Waals surface area contributed by atoms with E-state index < -0.39 is 0 Å². The molecule has 0 spiro atoms. The predicted molar refractivity (Wildman–Crippen MR) is 95.7 cm³/mol. The number of nitrogens with one attached hydrogen (secondary N) is 1. The second-order valence-corrected chi connectivity index (χ2v) is 7.54. The summed E-state index contributed by atoms with van der Waals surface area (Å²) in [6.45, 7) is 1.84. The molecule has 1 amide bonds. The van der Waals surface area contributed by atoms with Gasteiger partial charge in [-0.15, -0.1) is 16.4 Å². The Kier molecular flexibility index (Phi) is 4.47. The minimum atomic E-state index is 0.0528. The van der Waals surface area contributed by atoms with E-state index in [-0.39, 0.29) is 11.9 Å². The second-order valence-electron chi connectivity index (χ2n) is 6.59. The van der Waals surface area contributed by atoms with E-state index >= 15 is 0 Å². The number of aromatic nitrogens is 2. The molecule has 1 saturated heterocycles. The average Bonchev–Trinajstić information content (AvgIpc) is 3.17. The van der Waals surface area contributed by atoms with Crippen LogP contribution in [0.15, 0.2) is 23.6 Å². The van der Waals surface area contributed by atoms with Crippen molar-refractivity contribution < 1.29 is 4.79 Å². The lowest BCUT2D eigenvalue weighted by atomic mass is 9.96. The summed E-state index contributed by atoms with van der Waals surface area (Å²) in [6, 6.07) is 6.27. The molecule has 3 heterocycles. The van der Waals surface area contributed by atoms with Crippen molar-refractivity contribution in [3.8, 4) is 0 Å². The van der Waals surface area contributed by atoms with Crippen LogP contribution in [0.1, 0.15) is 46.6 Å². The third kappa shape index (κ3) is 3.29. The van der Waals surface area contributed by atoms with E-state index in [0.29, 0.717) is 0 Å².